The van der Waals surface area contributed by atoms with Crippen LogP contribution in [0.3, 0.4) is 0 Å². The van der Waals surface area contributed by atoms with E-state index in [0.29, 0.717) is 24.2 Å². The van der Waals surface area contributed by atoms with Crippen molar-refractivity contribution in [2.45, 2.75) is 18.6 Å². The first kappa shape index (κ1) is 20.2. The number of nitrogens with zero attached hydrogens (tertiary/aromatic N) is 3. The van der Waals surface area contributed by atoms with Crippen LogP contribution in [0.4, 0.5) is 17.6 Å². The number of aromatic nitrogens is 2. The van der Waals surface area contributed by atoms with E-state index in [1.807, 2.05) is 0 Å². The van der Waals surface area contributed by atoms with E-state index in [1.54, 1.807) is 0 Å². The van der Waals surface area contributed by atoms with Crippen LogP contribution in [0.15, 0.2) is 30.5 Å². The minimum absolute atomic E-state index is 0. The van der Waals surface area contributed by atoms with Crippen molar-refractivity contribution in [1.82, 2.24) is 20.0 Å². The zero-order valence-corrected chi connectivity index (χ0v) is 14.6. The predicted octanol–water partition coefficient (Wildman–Crippen LogP) is 2.89. The Balaban J connectivity index is 0.00000243. The summed E-state index contributed by atoms with van der Waals surface area (Å²) in [5.41, 5.74) is -2.23. The molecule has 1 aliphatic rings. The van der Waals surface area contributed by atoms with Gasteiger partial charge in [0.15, 0.2) is 5.69 Å². The molecular weight excluding hydrogens is 376 g/mol. The third kappa shape index (κ3) is 3.68. The molecule has 0 aliphatic carbocycles. The first-order valence-electron chi connectivity index (χ1n) is 7.68. The Hall–Kier alpha value is -2.13. The van der Waals surface area contributed by atoms with E-state index in [9.17, 15) is 22.4 Å². The fourth-order valence-electron chi connectivity index (χ4n) is 2.91. The molecule has 1 aromatic heterocycles. The van der Waals surface area contributed by atoms with Gasteiger partial charge in [-0.3, -0.25) is 4.79 Å². The van der Waals surface area contributed by atoms with Crippen LogP contribution < -0.4 is 5.32 Å². The van der Waals surface area contributed by atoms with Crippen molar-refractivity contribution in [3.63, 3.8) is 0 Å². The average Bonchev–Trinajstić information content (AvgIpc) is 3.23. The largest absolute Gasteiger partial charge is 0.434 e. The normalized spacial score (nSPS) is 17.0. The van der Waals surface area contributed by atoms with E-state index in [4.69, 9.17) is 0 Å². The van der Waals surface area contributed by atoms with Gasteiger partial charge in [0.2, 0.25) is 0 Å². The number of hydrogen-bond acceptors (Lipinski definition) is 3. The topological polar surface area (TPSA) is 50.2 Å². The summed E-state index contributed by atoms with van der Waals surface area (Å²) in [7, 11) is 1.46. The van der Waals surface area contributed by atoms with Gasteiger partial charge in [-0.1, -0.05) is 12.1 Å². The number of benzene rings is 1. The Kier molecular flexibility index (Phi) is 5.92. The van der Waals surface area contributed by atoms with E-state index >= 15 is 0 Å². The van der Waals surface area contributed by atoms with Gasteiger partial charge in [0.25, 0.3) is 5.91 Å². The van der Waals surface area contributed by atoms with Crippen molar-refractivity contribution < 1.29 is 22.4 Å². The molecule has 1 N–H and O–H groups in total. The van der Waals surface area contributed by atoms with Crippen LogP contribution in [0.5, 0.6) is 0 Å². The molecule has 2 heterocycles. The Morgan fingerprint density at radius 2 is 2.04 bits per heavy atom. The number of carbonyl (C=O) groups excluding carboxylic acids is 1. The first-order chi connectivity index (χ1) is 11.8. The standard InChI is InChI=1S/C16H16F4N4O.ClH/c1-23(10-6-7-21-8-10)15(25)11-9-22-24(14(11)16(18,19)20)13-5-3-2-4-12(13)17;/h2-5,9-10,21H,6-8H2,1H3;1H. The number of amides is 1. The zero-order chi connectivity index (χ0) is 18.2. The number of alkyl halides is 3. The van der Waals surface area contributed by atoms with Gasteiger partial charge >= 0.3 is 6.18 Å². The van der Waals surface area contributed by atoms with E-state index in [-0.39, 0.29) is 24.1 Å². The zero-order valence-electron chi connectivity index (χ0n) is 13.8. The molecule has 2 aromatic rings. The van der Waals surface area contributed by atoms with Gasteiger partial charge in [-0.25, -0.2) is 9.07 Å². The van der Waals surface area contributed by atoms with Crippen LogP contribution in [0.25, 0.3) is 5.69 Å². The minimum atomic E-state index is -4.86. The maximum absolute atomic E-state index is 13.9. The molecule has 0 radical (unpaired) electrons. The highest BCUT2D eigenvalue weighted by atomic mass is 35.5. The molecule has 142 valence electrons. The number of nitrogens with one attached hydrogen (secondary N) is 1. The molecule has 1 amide bonds. The lowest BCUT2D eigenvalue weighted by Crippen LogP contribution is -2.39. The highest BCUT2D eigenvalue weighted by molar-refractivity contribution is 5.95. The van der Waals surface area contributed by atoms with Crippen LogP contribution in [0.1, 0.15) is 22.5 Å². The number of carbonyl (C=O) groups is 1. The number of halogens is 5. The fraction of sp³-hybridized carbons (Fsp3) is 0.375. The third-order valence-corrected chi connectivity index (χ3v) is 4.25. The van der Waals surface area contributed by atoms with E-state index in [1.165, 1.54) is 30.1 Å². The molecule has 1 saturated heterocycles. The SMILES string of the molecule is CN(C(=O)c1cnn(-c2ccccc2F)c1C(F)(F)F)C1CCNC1.Cl. The van der Waals surface area contributed by atoms with Crippen LogP contribution >= 0.6 is 12.4 Å². The maximum atomic E-state index is 13.9. The van der Waals surface area contributed by atoms with Crippen molar-refractivity contribution in [3.8, 4) is 5.69 Å². The van der Waals surface area contributed by atoms with Gasteiger partial charge in [-0.15, -0.1) is 12.4 Å². The predicted molar refractivity (Wildman–Crippen MR) is 89.1 cm³/mol. The van der Waals surface area contributed by atoms with E-state index in [2.05, 4.69) is 10.4 Å². The molecule has 0 bridgehead atoms. The monoisotopic (exact) mass is 392 g/mol. The van der Waals surface area contributed by atoms with Crippen LogP contribution in [0, 0.1) is 5.82 Å². The smallest absolute Gasteiger partial charge is 0.337 e. The summed E-state index contributed by atoms with van der Waals surface area (Å²) in [4.78, 5) is 13.9. The fourth-order valence-corrected chi connectivity index (χ4v) is 2.91. The van der Waals surface area contributed by atoms with Gasteiger partial charge in [0, 0.05) is 19.6 Å². The minimum Gasteiger partial charge on any atom is -0.337 e. The Morgan fingerprint density at radius 3 is 2.62 bits per heavy atom. The molecule has 26 heavy (non-hydrogen) atoms. The van der Waals surface area contributed by atoms with Gasteiger partial charge < -0.3 is 10.2 Å². The van der Waals surface area contributed by atoms with Gasteiger partial charge in [0.1, 0.15) is 11.5 Å². The average molecular weight is 393 g/mol. The summed E-state index contributed by atoms with van der Waals surface area (Å²) in [5, 5.41) is 6.69. The lowest BCUT2D eigenvalue weighted by molar-refractivity contribution is -0.143. The Morgan fingerprint density at radius 1 is 1.35 bits per heavy atom. The molecule has 1 aromatic carbocycles. The van der Waals surface area contributed by atoms with Crippen molar-refractivity contribution in [2.24, 2.45) is 0 Å². The second-order valence-corrected chi connectivity index (χ2v) is 5.83. The summed E-state index contributed by atoms with van der Waals surface area (Å²) in [6, 6.07) is 4.79. The molecule has 10 heteroatoms. The van der Waals surface area contributed by atoms with Crippen molar-refractivity contribution in [2.75, 3.05) is 20.1 Å². The third-order valence-electron chi connectivity index (χ3n) is 4.25. The Labute approximate surface area is 153 Å². The quantitative estimate of drug-likeness (QED) is 0.817. The van der Waals surface area contributed by atoms with Gasteiger partial charge in [-0.05, 0) is 25.1 Å². The second-order valence-electron chi connectivity index (χ2n) is 5.83. The van der Waals surface area contributed by atoms with Gasteiger partial charge in [0.05, 0.1) is 11.8 Å². The van der Waals surface area contributed by atoms with Crippen molar-refractivity contribution in [3.05, 3.63) is 47.5 Å². The van der Waals surface area contributed by atoms with Gasteiger partial charge in [-0.2, -0.15) is 18.3 Å². The molecule has 0 spiro atoms. The number of rotatable bonds is 3. The number of likely N-dealkylation sites (N-methyl/N-ethyl adjacent to an activating group) is 1. The molecular formula is C16H17ClF4N4O. The maximum Gasteiger partial charge on any atom is 0.434 e. The molecule has 1 fully saturated rings. The summed E-state index contributed by atoms with van der Waals surface area (Å²) >= 11 is 0. The Bertz CT molecular complexity index is 787. The molecule has 1 aliphatic heterocycles. The van der Waals surface area contributed by atoms with Crippen molar-refractivity contribution >= 4 is 18.3 Å². The molecule has 1 unspecified atom stereocenters. The number of hydrogen-bond donors (Lipinski definition) is 1. The first-order valence-corrected chi connectivity index (χ1v) is 7.68. The highest BCUT2D eigenvalue weighted by Gasteiger charge is 2.42. The second kappa shape index (κ2) is 7.63. The number of para-hydroxylation sites is 1. The molecule has 5 nitrogen and oxygen atoms in total. The highest BCUT2D eigenvalue weighted by Crippen LogP contribution is 2.34. The summed E-state index contributed by atoms with van der Waals surface area (Å²) in [6.45, 7) is 1.22. The molecule has 0 saturated carbocycles. The summed E-state index contributed by atoms with van der Waals surface area (Å²) in [5.74, 6) is -1.65. The molecule has 1 atom stereocenters. The van der Waals surface area contributed by atoms with Crippen molar-refractivity contribution in [1.29, 1.82) is 0 Å². The summed E-state index contributed by atoms with van der Waals surface area (Å²) < 4.78 is 55.1. The van der Waals surface area contributed by atoms with E-state index < -0.39 is 29.2 Å². The van der Waals surface area contributed by atoms with E-state index in [0.717, 1.165) is 12.3 Å². The van der Waals surface area contributed by atoms with Crippen LogP contribution in [-0.2, 0) is 6.18 Å². The lowest BCUT2D eigenvalue weighted by Gasteiger charge is -2.24. The molecule has 3 rings (SSSR count). The van der Waals surface area contributed by atoms with Crippen LogP contribution in [-0.4, -0.2) is 46.8 Å². The van der Waals surface area contributed by atoms with Crippen LogP contribution in [0.2, 0.25) is 0 Å². The summed E-state index contributed by atoms with van der Waals surface area (Å²) in [6.07, 6.45) is -3.36. The lowest BCUT2D eigenvalue weighted by atomic mass is 10.1.